The van der Waals surface area contributed by atoms with Crippen LogP contribution < -0.4 is 5.56 Å². The predicted molar refractivity (Wildman–Crippen MR) is 63.0 cm³/mol. The molecule has 1 aliphatic rings. The van der Waals surface area contributed by atoms with E-state index in [-0.39, 0.29) is 23.7 Å². The fourth-order valence-corrected chi connectivity index (χ4v) is 2.26. The minimum Gasteiger partial charge on any atom is -0.392 e. The Kier molecular flexibility index (Phi) is 2.49. The number of allylic oxidation sites excluding steroid dienone is 1. The first-order valence-corrected chi connectivity index (χ1v) is 5.60. The number of rotatable bonds is 2. The first-order valence-electron chi connectivity index (χ1n) is 5.60. The lowest BCUT2D eigenvalue weighted by molar-refractivity contribution is 0.182. The van der Waals surface area contributed by atoms with Crippen LogP contribution in [-0.2, 0) is 0 Å². The van der Waals surface area contributed by atoms with Crippen LogP contribution in [0.4, 0.5) is 0 Å². The van der Waals surface area contributed by atoms with Crippen molar-refractivity contribution in [3.05, 3.63) is 34.7 Å². The second kappa shape index (κ2) is 4.04. The molecule has 2 atom stereocenters. The second-order valence-electron chi connectivity index (χ2n) is 4.27. The minimum absolute atomic E-state index is 0.138. The Morgan fingerprint density at radius 1 is 1.50 bits per heavy atom. The highest BCUT2D eigenvalue weighted by Gasteiger charge is 2.26. The number of fused-ring (bicyclic) bond motifs is 1. The van der Waals surface area contributed by atoms with Gasteiger partial charge in [-0.3, -0.25) is 4.79 Å². The zero-order valence-electron chi connectivity index (χ0n) is 9.45. The Hall–Kier alpha value is -1.99. The lowest BCUT2D eigenvalue weighted by Gasteiger charge is -2.10. The van der Waals surface area contributed by atoms with Gasteiger partial charge in [-0.05, 0) is 5.57 Å². The lowest BCUT2D eigenvalue weighted by Crippen LogP contribution is -2.12. The number of imidazole rings is 1. The van der Waals surface area contributed by atoms with Gasteiger partial charge in [-0.25, -0.2) is 9.97 Å². The van der Waals surface area contributed by atoms with Crippen LogP contribution >= 0.6 is 0 Å². The summed E-state index contributed by atoms with van der Waals surface area (Å²) < 4.78 is 1.73. The molecule has 1 aliphatic carbocycles. The van der Waals surface area contributed by atoms with E-state index in [1.165, 1.54) is 12.7 Å². The van der Waals surface area contributed by atoms with Crippen molar-refractivity contribution in [2.24, 2.45) is 0 Å². The molecule has 0 spiro atoms. The number of hydrogen-bond donors (Lipinski definition) is 3. The van der Waals surface area contributed by atoms with Crippen LogP contribution in [0.1, 0.15) is 12.5 Å². The van der Waals surface area contributed by atoms with Gasteiger partial charge in [0.1, 0.15) is 0 Å². The molecule has 18 heavy (non-hydrogen) atoms. The van der Waals surface area contributed by atoms with Crippen LogP contribution in [0.15, 0.2) is 29.1 Å². The van der Waals surface area contributed by atoms with E-state index in [1.807, 2.05) is 0 Å². The molecule has 2 heterocycles. The Morgan fingerprint density at radius 3 is 3.06 bits per heavy atom. The summed E-state index contributed by atoms with van der Waals surface area (Å²) >= 11 is 0. The van der Waals surface area contributed by atoms with E-state index in [4.69, 9.17) is 5.11 Å². The number of aromatic nitrogens is 4. The summed E-state index contributed by atoms with van der Waals surface area (Å²) in [5, 5.41) is 18.8. The molecule has 2 aromatic heterocycles. The average molecular weight is 248 g/mol. The van der Waals surface area contributed by atoms with Crippen molar-refractivity contribution < 1.29 is 10.2 Å². The number of nitrogens with zero attached hydrogens (tertiary/aromatic N) is 3. The van der Waals surface area contributed by atoms with E-state index in [1.54, 1.807) is 10.6 Å². The van der Waals surface area contributed by atoms with Gasteiger partial charge in [0.2, 0.25) is 0 Å². The molecule has 0 bridgehead atoms. The van der Waals surface area contributed by atoms with Gasteiger partial charge in [-0.15, -0.1) is 0 Å². The predicted octanol–water partition coefficient (Wildman–Crippen LogP) is -0.656. The third kappa shape index (κ3) is 1.56. The van der Waals surface area contributed by atoms with E-state index in [9.17, 15) is 9.90 Å². The maximum atomic E-state index is 11.5. The molecule has 3 rings (SSSR count). The molecule has 0 saturated carbocycles. The van der Waals surface area contributed by atoms with Crippen molar-refractivity contribution in [2.75, 3.05) is 6.61 Å². The van der Waals surface area contributed by atoms with Crippen LogP contribution in [0, 0.1) is 0 Å². The van der Waals surface area contributed by atoms with Gasteiger partial charge in [0.25, 0.3) is 5.56 Å². The molecule has 0 fully saturated rings. The Morgan fingerprint density at radius 2 is 2.33 bits per heavy atom. The first-order chi connectivity index (χ1) is 8.70. The highest BCUT2D eigenvalue weighted by molar-refractivity contribution is 5.69. The zero-order chi connectivity index (χ0) is 12.7. The standard InChI is InChI=1S/C11H12N4O3/c16-3-6-1-7(2-8(6)17)15-5-14-9-10(15)12-4-13-11(9)18/h1,4-5,7-8,16-17H,2-3H2,(H,12,13,18)/t7-,8-/m1/s1. The Balaban J connectivity index is 2.09. The normalized spacial score (nSPS) is 23.6. The molecule has 0 saturated heterocycles. The van der Waals surface area contributed by atoms with Gasteiger partial charge < -0.3 is 19.8 Å². The van der Waals surface area contributed by atoms with E-state index in [2.05, 4.69) is 15.0 Å². The van der Waals surface area contributed by atoms with Gasteiger partial charge in [0.05, 0.1) is 31.4 Å². The first kappa shape index (κ1) is 11.1. The summed E-state index contributed by atoms with van der Waals surface area (Å²) in [5.41, 5.74) is 1.06. The molecular formula is C11H12N4O3. The summed E-state index contributed by atoms with van der Waals surface area (Å²) in [6.45, 7) is -0.168. The van der Waals surface area contributed by atoms with Crippen molar-refractivity contribution in [1.82, 2.24) is 19.5 Å². The molecule has 0 unspecified atom stereocenters. The van der Waals surface area contributed by atoms with Crippen LogP contribution in [-0.4, -0.2) is 42.4 Å². The van der Waals surface area contributed by atoms with E-state index < -0.39 is 6.10 Å². The summed E-state index contributed by atoms with van der Waals surface area (Å²) in [4.78, 5) is 22.1. The average Bonchev–Trinajstić information content (AvgIpc) is 2.93. The van der Waals surface area contributed by atoms with Gasteiger partial charge in [-0.1, -0.05) is 6.08 Å². The van der Waals surface area contributed by atoms with Gasteiger partial charge in [-0.2, -0.15) is 0 Å². The fourth-order valence-electron chi connectivity index (χ4n) is 2.26. The topological polar surface area (TPSA) is 104 Å². The van der Waals surface area contributed by atoms with Crippen molar-refractivity contribution in [3.8, 4) is 0 Å². The van der Waals surface area contributed by atoms with Gasteiger partial charge >= 0.3 is 0 Å². The van der Waals surface area contributed by atoms with Crippen molar-refractivity contribution in [2.45, 2.75) is 18.6 Å². The molecule has 94 valence electrons. The maximum Gasteiger partial charge on any atom is 0.278 e. The fraction of sp³-hybridized carbons (Fsp3) is 0.364. The molecule has 0 radical (unpaired) electrons. The number of hydrogen-bond acceptors (Lipinski definition) is 5. The monoisotopic (exact) mass is 248 g/mol. The molecule has 2 aromatic rings. The van der Waals surface area contributed by atoms with Crippen molar-refractivity contribution in [1.29, 1.82) is 0 Å². The molecule has 0 amide bonds. The number of aliphatic hydroxyl groups is 2. The minimum atomic E-state index is -0.653. The van der Waals surface area contributed by atoms with Crippen LogP contribution in [0.25, 0.3) is 11.2 Å². The summed E-state index contributed by atoms with van der Waals surface area (Å²) in [6, 6.07) is -0.138. The largest absolute Gasteiger partial charge is 0.392 e. The molecule has 7 heteroatoms. The zero-order valence-corrected chi connectivity index (χ0v) is 9.45. The number of aliphatic hydroxyl groups excluding tert-OH is 2. The Bertz CT molecular complexity index is 672. The van der Waals surface area contributed by atoms with Crippen molar-refractivity contribution in [3.63, 3.8) is 0 Å². The second-order valence-corrected chi connectivity index (χ2v) is 4.27. The highest BCUT2D eigenvalue weighted by Crippen LogP contribution is 2.29. The lowest BCUT2D eigenvalue weighted by atomic mass is 10.2. The molecular weight excluding hydrogens is 236 g/mol. The molecule has 0 aliphatic heterocycles. The van der Waals surface area contributed by atoms with Crippen LogP contribution in [0.3, 0.4) is 0 Å². The summed E-state index contributed by atoms with van der Waals surface area (Å²) in [5.74, 6) is 0. The summed E-state index contributed by atoms with van der Waals surface area (Å²) in [7, 11) is 0. The van der Waals surface area contributed by atoms with Gasteiger partial charge in [0.15, 0.2) is 11.2 Å². The quantitative estimate of drug-likeness (QED) is 0.612. The third-order valence-corrected chi connectivity index (χ3v) is 3.20. The molecule has 0 aromatic carbocycles. The maximum absolute atomic E-state index is 11.5. The number of aromatic amines is 1. The number of H-pyrrole nitrogens is 1. The van der Waals surface area contributed by atoms with Crippen LogP contribution in [0.5, 0.6) is 0 Å². The van der Waals surface area contributed by atoms with E-state index in [0.717, 1.165) is 0 Å². The third-order valence-electron chi connectivity index (χ3n) is 3.20. The van der Waals surface area contributed by atoms with E-state index >= 15 is 0 Å². The highest BCUT2D eigenvalue weighted by atomic mass is 16.3. The smallest absolute Gasteiger partial charge is 0.278 e. The Labute approximate surface area is 101 Å². The SMILES string of the molecule is O=c1[nH]cnc2c1ncn2[C@@H]1C=C(CO)[C@H](O)C1. The molecule has 7 nitrogen and oxygen atoms in total. The van der Waals surface area contributed by atoms with Crippen molar-refractivity contribution >= 4 is 11.2 Å². The van der Waals surface area contributed by atoms with Crippen LogP contribution in [0.2, 0.25) is 0 Å². The number of nitrogens with one attached hydrogen (secondary N) is 1. The van der Waals surface area contributed by atoms with E-state index in [0.29, 0.717) is 17.6 Å². The summed E-state index contributed by atoms with van der Waals surface area (Å²) in [6.07, 6.45) is 4.44. The molecule has 3 N–H and O–H groups in total. The van der Waals surface area contributed by atoms with Gasteiger partial charge in [0, 0.05) is 6.42 Å².